The predicted octanol–water partition coefficient (Wildman–Crippen LogP) is 5.72. The summed E-state index contributed by atoms with van der Waals surface area (Å²) in [5.74, 6) is 1.73. The Morgan fingerprint density at radius 3 is 2.46 bits per heavy atom. The molecule has 1 saturated heterocycles. The Kier molecular flexibility index (Phi) is 6.84. The second kappa shape index (κ2) is 9.33. The second-order valence-corrected chi connectivity index (χ2v) is 8.30. The van der Waals surface area contributed by atoms with Crippen molar-refractivity contribution in [3.8, 4) is 5.75 Å². The summed E-state index contributed by atoms with van der Waals surface area (Å²) in [5.41, 5.74) is 2.96. The summed E-state index contributed by atoms with van der Waals surface area (Å²) in [5, 5.41) is 3.52. The highest BCUT2D eigenvalue weighted by molar-refractivity contribution is 6.33. The number of rotatable bonds is 6. The molecular formula is C23H29ClN2O2. The third kappa shape index (κ3) is 5.41. The van der Waals surface area contributed by atoms with E-state index in [4.69, 9.17) is 16.3 Å². The van der Waals surface area contributed by atoms with Gasteiger partial charge in [-0.3, -0.25) is 4.79 Å². The molecule has 0 atom stereocenters. The molecule has 0 radical (unpaired) electrons. The van der Waals surface area contributed by atoms with Crippen LogP contribution in [0.1, 0.15) is 45.1 Å². The van der Waals surface area contributed by atoms with Crippen molar-refractivity contribution in [3.63, 3.8) is 0 Å². The lowest BCUT2D eigenvalue weighted by molar-refractivity contribution is -0.118. The van der Waals surface area contributed by atoms with E-state index in [1.807, 2.05) is 42.5 Å². The molecule has 0 aromatic heterocycles. The van der Waals surface area contributed by atoms with E-state index in [0.29, 0.717) is 22.4 Å². The maximum absolute atomic E-state index is 12.2. The molecule has 1 N–H and O–H groups in total. The van der Waals surface area contributed by atoms with Crippen LogP contribution < -0.4 is 15.0 Å². The van der Waals surface area contributed by atoms with Gasteiger partial charge in [-0.25, -0.2) is 0 Å². The summed E-state index contributed by atoms with van der Waals surface area (Å²) in [6.07, 6.45) is 2.37. The van der Waals surface area contributed by atoms with E-state index in [-0.39, 0.29) is 12.5 Å². The van der Waals surface area contributed by atoms with Crippen LogP contribution in [-0.4, -0.2) is 25.6 Å². The fraction of sp³-hybridized carbons (Fsp3) is 0.435. The van der Waals surface area contributed by atoms with Gasteiger partial charge in [-0.15, -0.1) is 0 Å². The maximum atomic E-state index is 12.2. The van der Waals surface area contributed by atoms with E-state index in [9.17, 15) is 4.79 Å². The van der Waals surface area contributed by atoms with E-state index in [2.05, 4.69) is 31.0 Å². The van der Waals surface area contributed by atoms with Gasteiger partial charge >= 0.3 is 0 Å². The van der Waals surface area contributed by atoms with Crippen LogP contribution in [0.2, 0.25) is 5.02 Å². The Labute approximate surface area is 172 Å². The van der Waals surface area contributed by atoms with E-state index in [0.717, 1.165) is 24.7 Å². The number of piperidine rings is 1. The quantitative estimate of drug-likeness (QED) is 0.674. The highest BCUT2D eigenvalue weighted by Gasteiger charge is 2.18. The largest absolute Gasteiger partial charge is 0.484 e. The molecular weight excluding hydrogens is 372 g/mol. The summed E-state index contributed by atoms with van der Waals surface area (Å²) in [4.78, 5) is 14.5. The first-order valence-electron chi connectivity index (χ1n) is 9.99. The topological polar surface area (TPSA) is 41.6 Å². The average Bonchev–Trinajstić information content (AvgIpc) is 2.68. The van der Waals surface area contributed by atoms with E-state index >= 15 is 0 Å². The number of hydrogen-bond acceptors (Lipinski definition) is 3. The Bertz CT molecular complexity index is 797. The smallest absolute Gasteiger partial charge is 0.262 e. The molecule has 0 bridgehead atoms. The number of carbonyl (C=O) groups is 1. The van der Waals surface area contributed by atoms with Crippen LogP contribution in [0.4, 0.5) is 11.4 Å². The number of carbonyl (C=O) groups excluding carboxylic acids is 1. The van der Waals surface area contributed by atoms with Gasteiger partial charge in [0.15, 0.2) is 6.61 Å². The van der Waals surface area contributed by atoms with Crippen LogP contribution in [0, 0.1) is 5.92 Å². The van der Waals surface area contributed by atoms with Gasteiger partial charge in [0.05, 0.1) is 10.7 Å². The minimum atomic E-state index is -0.205. The van der Waals surface area contributed by atoms with Gasteiger partial charge in [0.1, 0.15) is 5.75 Å². The van der Waals surface area contributed by atoms with Crippen molar-refractivity contribution in [1.82, 2.24) is 0 Å². The summed E-state index contributed by atoms with van der Waals surface area (Å²) in [7, 11) is 0. The molecule has 4 nitrogen and oxygen atoms in total. The van der Waals surface area contributed by atoms with Crippen LogP contribution in [0.15, 0.2) is 42.5 Å². The minimum absolute atomic E-state index is 0.0373. The molecule has 3 rings (SSSR count). The number of benzene rings is 2. The lowest BCUT2D eigenvalue weighted by Gasteiger charge is -2.32. The van der Waals surface area contributed by atoms with Gasteiger partial charge in [-0.2, -0.15) is 0 Å². The highest BCUT2D eigenvalue weighted by atomic mass is 35.5. The number of nitrogens with one attached hydrogen (secondary N) is 1. The molecule has 5 heteroatoms. The van der Waals surface area contributed by atoms with Crippen molar-refractivity contribution in [2.24, 2.45) is 5.92 Å². The molecule has 1 fully saturated rings. The van der Waals surface area contributed by atoms with Crippen molar-refractivity contribution in [2.75, 3.05) is 29.9 Å². The number of nitrogens with zero attached hydrogens (tertiary/aromatic N) is 1. The lowest BCUT2D eigenvalue weighted by Crippen LogP contribution is -2.32. The minimum Gasteiger partial charge on any atom is -0.484 e. The zero-order chi connectivity index (χ0) is 20.1. The van der Waals surface area contributed by atoms with Crippen LogP contribution >= 0.6 is 11.6 Å². The van der Waals surface area contributed by atoms with Gasteiger partial charge in [0, 0.05) is 18.8 Å². The van der Waals surface area contributed by atoms with Crippen LogP contribution in [0.25, 0.3) is 0 Å². The van der Waals surface area contributed by atoms with Gasteiger partial charge in [-0.05, 0) is 60.6 Å². The molecule has 2 aromatic rings. The summed E-state index contributed by atoms with van der Waals surface area (Å²) < 4.78 is 5.58. The summed E-state index contributed by atoms with van der Waals surface area (Å²) in [6.45, 7) is 8.59. The van der Waals surface area contributed by atoms with Crippen molar-refractivity contribution >= 4 is 28.9 Å². The van der Waals surface area contributed by atoms with E-state index in [1.54, 1.807) is 0 Å². The van der Waals surface area contributed by atoms with Gasteiger partial charge in [0.25, 0.3) is 5.91 Å². The first kappa shape index (κ1) is 20.5. The Hall–Kier alpha value is -2.20. The van der Waals surface area contributed by atoms with Crippen molar-refractivity contribution in [2.45, 2.75) is 39.5 Å². The third-order valence-corrected chi connectivity index (χ3v) is 5.58. The Balaban J connectivity index is 1.53. The zero-order valence-corrected chi connectivity index (χ0v) is 17.6. The predicted molar refractivity (Wildman–Crippen MR) is 117 cm³/mol. The van der Waals surface area contributed by atoms with Crippen molar-refractivity contribution in [3.05, 3.63) is 53.1 Å². The van der Waals surface area contributed by atoms with Gasteiger partial charge < -0.3 is 15.0 Å². The number of anilines is 2. The standard InChI is InChI=1S/C23H29ClN2O2/c1-16(2)18-4-7-20(8-5-18)28-15-23(27)25-19-6-9-22(21(24)14-19)26-12-10-17(3)11-13-26/h4-9,14,16-17H,10-13,15H2,1-3H3,(H,25,27). The van der Waals surface area contributed by atoms with Crippen LogP contribution in [-0.2, 0) is 4.79 Å². The third-order valence-electron chi connectivity index (χ3n) is 5.27. The maximum Gasteiger partial charge on any atom is 0.262 e. The number of amides is 1. The summed E-state index contributed by atoms with van der Waals surface area (Å²) in [6, 6.07) is 13.5. The SMILES string of the molecule is CC1CCN(c2ccc(NC(=O)COc3ccc(C(C)C)cc3)cc2Cl)CC1. The Morgan fingerprint density at radius 1 is 1.18 bits per heavy atom. The summed E-state index contributed by atoms with van der Waals surface area (Å²) >= 11 is 6.47. The van der Waals surface area contributed by atoms with Crippen LogP contribution in [0.5, 0.6) is 5.75 Å². The second-order valence-electron chi connectivity index (χ2n) is 7.90. The monoisotopic (exact) mass is 400 g/mol. The molecule has 0 spiro atoms. The molecule has 1 heterocycles. The highest BCUT2D eigenvalue weighted by Crippen LogP contribution is 2.31. The fourth-order valence-electron chi connectivity index (χ4n) is 3.39. The van der Waals surface area contributed by atoms with Gasteiger partial charge in [0.2, 0.25) is 0 Å². The first-order chi connectivity index (χ1) is 13.4. The van der Waals surface area contributed by atoms with Crippen LogP contribution in [0.3, 0.4) is 0 Å². The zero-order valence-electron chi connectivity index (χ0n) is 16.9. The van der Waals surface area contributed by atoms with E-state index in [1.165, 1.54) is 18.4 Å². The normalized spacial score (nSPS) is 15.0. The number of ether oxygens (including phenoxy) is 1. The van der Waals surface area contributed by atoms with Crippen molar-refractivity contribution in [1.29, 1.82) is 0 Å². The molecule has 1 aliphatic heterocycles. The molecule has 1 aliphatic rings. The van der Waals surface area contributed by atoms with E-state index < -0.39 is 0 Å². The first-order valence-corrected chi connectivity index (χ1v) is 10.4. The average molecular weight is 401 g/mol. The molecule has 2 aromatic carbocycles. The van der Waals surface area contributed by atoms with Gasteiger partial charge in [-0.1, -0.05) is 44.5 Å². The van der Waals surface area contributed by atoms with Crippen molar-refractivity contribution < 1.29 is 9.53 Å². The molecule has 28 heavy (non-hydrogen) atoms. The molecule has 0 unspecified atom stereocenters. The lowest BCUT2D eigenvalue weighted by atomic mass is 9.99. The number of halogens is 1. The molecule has 0 saturated carbocycles. The Morgan fingerprint density at radius 2 is 1.86 bits per heavy atom. The molecule has 150 valence electrons. The number of hydrogen-bond donors (Lipinski definition) is 1. The molecule has 1 amide bonds. The molecule has 0 aliphatic carbocycles. The fourth-order valence-corrected chi connectivity index (χ4v) is 3.69.